The molecule has 1 heterocycles. The zero-order valence-corrected chi connectivity index (χ0v) is 16.6. The Balaban J connectivity index is 1.59. The van der Waals surface area contributed by atoms with Crippen LogP contribution in [-0.4, -0.2) is 30.9 Å². The van der Waals surface area contributed by atoms with Gasteiger partial charge in [-0.15, -0.1) is 0 Å². The molecule has 2 amide bonds. The van der Waals surface area contributed by atoms with E-state index >= 15 is 0 Å². The molecule has 1 aliphatic carbocycles. The van der Waals surface area contributed by atoms with Crippen molar-refractivity contribution in [1.82, 2.24) is 5.32 Å². The highest BCUT2D eigenvalue weighted by Gasteiger charge is 2.27. The molecule has 140 valence electrons. The van der Waals surface area contributed by atoms with Crippen molar-refractivity contribution in [2.24, 2.45) is 0 Å². The summed E-state index contributed by atoms with van der Waals surface area (Å²) in [5, 5.41) is 5.98. The summed E-state index contributed by atoms with van der Waals surface area (Å²) >= 11 is 3.38. The Morgan fingerprint density at radius 3 is 2.48 bits per heavy atom. The number of carbonyl (C=O) groups excluding carboxylic acids is 2. The van der Waals surface area contributed by atoms with Gasteiger partial charge >= 0.3 is 0 Å². The number of hydrogen-bond acceptors (Lipinski definition) is 3. The summed E-state index contributed by atoms with van der Waals surface area (Å²) in [4.78, 5) is 27.6. The van der Waals surface area contributed by atoms with Crippen LogP contribution in [0.15, 0.2) is 46.9 Å². The number of anilines is 2. The maximum Gasteiger partial charge on any atom is 0.255 e. The molecule has 2 aliphatic rings. The van der Waals surface area contributed by atoms with Gasteiger partial charge < -0.3 is 15.5 Å². The van der Waals surface area contributed by atoms with Crippen LogP contribution in [0.1, 0.15) is 46.4 Å². The van der Waals surface area contributed by atoms with E-state index in [0.29, 0.717) is 22.9 Å². The first-order chi connectivity index (χ1) is 13.1. The monoisotopic (exact) mass is 427 g/mol. The second-order valence-corrected chi connectivity index (χ2v) is 8.05. The van der Waals surface area contributed by atoms with E-state index in [9.17, 15) is 9.59 Å². The smallest absolute Gasteiger partial charge is 0.255 e. The van der Waals surface area contributed by atoms with Crippen molar-refractivity contribution < 1.29 is 9.59 Å². The molecule has 0 aromatic heterocycles. The predicted octanol–water partition coefficient (Wildman–Crippen LogP) is 4.19. The van der Waals surface area contributed by atoms with Crippen molar-refractivity contribution in [2.75, 3.05) is 23.3 Å². The van der Waals surface area contributed by atoms with Gasteiger partial charge in [-0.2, -0.15) is 0 Å². The van der Waals surface area contributed by atoms with Crippen LogP contribution in [0.25, 0.3) is 0 Å². The minimum atomic E-state index is -0.196. The summed E-state index contributed by atoms with van der Waals surface area (Å²) in [6, 6.07) is 13.1. The van der Waals surface area contributed by atoms with Crippen molar-refractivity contribution in [3.63, 3.8) is 0 Å². The third-order valence-corrected chi connectivity index (χ3v) is 5.44. The van der Waals surface area contributed by atoms with E-state index in [1.807, 2.05) is 24.3 Å². The number of hydrogen-bond donors (Lipinski definition) is 2. The summed E-state index contributed by atoms with van der Waals surface area (Å²) in [7, 11) is 0. The Labute approximate surface area is 167 Å². The van der Waals surface area contributed by atoms with Gasteiger partial charge in [0.2, 0.25) is 0 Å². The highest BCUT2D eigenvalue weighted by molar-refractivity contribution is 9.10. The number of amides is 2. The highest BCUT2D eigenvalue weighted by atomic mass is 79.9. The Kier molecular flexibility index (Phi) is 5.16. The molecular weight excluding hydrogens is 406 g/mol. The average Bonchev–Trinajstić information content (AvgIpc) is 3.30. The van der Waals surface area contributed by atoms with Crippen LogP contribution >= 0.6 is 15.9 Å². The molecule has 0 radical (unpaired) electrons. The van der Waals surface area contributed by atoms with Crippen molar-refractivity contribution in [3.8, 4) is 0 Å². The van der Waals surface area contributed by atoms with Crippen molar-refractivity contribution in [1.29, 1.82) is 0 Å². The quantitative estimate of drug-likeness (QED) is 0.751. The highest BCUT2D eigenvalue weighted by Crippen LogP contribution is 2.29. The molecule has 2 aromatic rings. The zero-order chi connectivity index (χ0) is 18.8. The maximum absolute atomic E-state index is 12.8. The summed E-state index contributed by atoms with van der Waals surface area (Å²) in [5.74, 6) is -0.253. The number of nitrogens with one attached hydrogen (secondary N) is 2. The number of nitrogens with zero attached hydrogens (tertiary/aromatic N) is 1. The summed E-state index contributed by atoms with van der Waals surface area (Å²) in [6.45, 7) is 1.93. The second-order valence-electron chi connectivity index (χ2n) is 7.14. The molecule has 1 aliphatic heterocycles. The van der Waals surface area contributed by atoms with Gasteiger partial charge in [0.25, 0.3) is 11.8 Å². The van der Waals surface area contributed by atoms with Gasteiger partial charge in [0.1, 0.15) is 0 Å². The second kappa shape index (κ2) is 7.72. The van der Waals surface area contributed by atoms with Crippen LogP contribution < -0.4 is 15.5 Å². The lowest BCUT2D eigenvalue weighted by atomic mass is 10.1. The number of benzene rings is 2. The normalized spacial score (nSPS) is 16.3. The van der Waals surface area contributed by atoms with E-state index in [-0.39, 0.29) is 11.8 Å². The number of rotatable bonds is 5. The predicted molar refractivity (Wildman–Crippen MR) is 110 cm³/mol. The van der Waals surface area contributed by atoms with Crippen molar-refractivity contribution in [3.05, 3.63) is 58.1 Å². The summed E-state index contributed by atoms with van der Waals surface area (Å²) in [5.41, 5.74) is 2.78. The maximum atomic E-state index is 12.8. The van der Waals surface area contributed by atoms with Crippen molar-refractivity contribution in [2.45, 2.75) is 31.7 Å². The fourth-order valence-electron chi connectivity index (χ4n) is 3.35. The first-order valence-electron chi connectivity index (χ1n) is 9.37. The van der Waals surface area contributed by atoms with Gasteiger partial charge in [0.15, 0.2) is 0 Å². The van der Waals surface area contributed by atoms with E-state index in [1.165, 1.54) is 0 Å². The van der Waals surface area contributed by atoms with Crippen LogP contribution in [0.4, 0.5) is 11.4 Å². The molecule has 27 heavy (non-hydrogen) atoms. The summed E-state index contributed by atoms with van der Waals surface area (Å²) in [6.07, 6.45) is 4.38. The van der Waals surface area contributed by atoms with Crippen LogP contribution in [0.2, 0.25) is 0 Å². The molecular formula is C21H22BrN3O2. The SMILES string of the molecule is O=C(Nc1ccc(N2CCCC2)c(C(=O)NC2CC2)c1)c1cccc(Br)c1. The zero-order valence-electron chi connectivity index (χ0n) is 15.0. The minimum Gasteiger partial charge on any atom is -0.371 e. The van der Waals surface area contributed by atoms with E-state index < -0.39 is 0 Å². The Morgan fingerprint density at radius 1 is 1.00 bits per heavy atom. The lowest BCUT2D eigenvalue weighted by Crippen LogP contribution is -2.29. The lowest BCUT2D eigenvalue weighted by Gasteiger charge is -2.22. The Bertz CT molecular complexity index is 873. The molecule has 2 fully saturated rings. The molecule has 0 atom stereocenters. The number of carbonyl (C=O) groups is 2. The van der Waals surface area contributed by atoms with Gasteiger partial charge in [-0.1, -0.05) is 22.0 Å². The third-order valence-electron chi connectivity index (χ3n) is 4.95. The van der Waals surface area contributed by atoms with Crippen LogP contribution in [0.3, 0.4) is 0 Å². The largest absolute Gasteiger partial charge is 0.371 e. The molecule has 0 spiro atoms. The third kappa shape index (κ3) is 4.33. The van der Waals surface area contributed by atoms with Gasteiger partial charge in [-0.25, -0.2) is 0 Å². The van der Waals surface area contributed by atoms with Gasteiger partial charge in [-0.05, 0) is 62.1 Å². The van der Waals surface area contributed by atoms with E-state index in [2.05, 4.69) is 31.5 Å². The van der Waals surface area contributed by atoms with Gasteiger partial charge in [-0.3, -0.25) is 9.59 Å². The van der Waals surface area contributed by atoms with E-state index in [1.54, 1.807) is 18.2 Å². The molecule has 4 rings (SSSR count). The van der Waals surface area contributed by atoms with E-state index in [4.69, 9.17) is 0 Å². The Hall–Kier alpha value is -2.34. The standard InChI is InChI=1S/C21H22BrN3O2/c22-15-5-3-4-14(12-15)20(26)24-17-8-9-19(25-10-1-2-11-25)18(13-17)21(27)23-16-6-7-16/h3-5,8-9,12-13,16H,1-2,6-7,10-11H2,(H,23,27)(H,24,26). The average molecular weight is 428 g/mol. The first kappa shape index (κ1) is 18.0. The fraction of sp³-hybridized carbons (Fsp3) is 0.333. The molecule has 0 bridgehead atoms. The van der Waals surface area contributed by atoms with Crippen molar-refractivity contribution >= 4 is 39.1 Å². The topological polar surface area (TPSA) is 61.4 Å². The molecule has 6 heteroatoms. The van der Waals surface area contributed by atoms with E-state index in [0.717, 1.165) is 48.9 Å². The van der Waals surface area contributed by atoms with Crippen LogP contribution in [-0.2, 0) is 0 Å². The fourth-order valence-corrected chi connectivity index (χ4v) is 3.75. The Morgan fingerprint density at radius 2 is 1.78 bits per heavy atom. The molecule has 5 nitrogen and oxygen atoms in total. The first-order valence-corrected chi connectivity index (χ1v) is 10.2. The molecule has 2 aromatic carbocycles. The molecule has 1 saturated carbocycles. The molecule has 2 N–H and O–H groups in total. The van der Waals surface area contributed by atoms with Crippen LogP contribution in [0, 0.1) is 0 Å². The van der Waals surface area contributed by atoms with Crippen LogP contribution in [0.5, 0.6) is 0 Å². The molecule has 1 saturated heterocycles. The minimum absolute atomic E-state index is 0.0574. The van der Waals surface area contributed by atoms with Gasteiger partial charge in [0.05, 0.1) is 5.56 Å². The van der Waals surface area contributed by atoms with Gasteiger partial charge in [0, 0.05) is 40.5 Å². The lowest BCUT2D eigenvalue weighted by molar-refractivity contribution is 0.0950. The summed E-state index contributed by atoms with van der Waals surface area (Å²) < 4.78 is 0.851. The molecule has 0 unspecified atom stereocenters. The number of halogens is 1.